The molecule has 0 saturated heterocycles. The van der Waals surface area contributed by atoms with E-state index in [1.54, 1.807) is 38.1 Å². The zero-order valence-electron chi connectivity index (χ0n) is 14.7. The van der Waals surface area contributed by atoms with Crippen molar-refractivity contribution in [3.05, 3.63) is 63.2 Å². The van der Waals surface area contributed by atoms with Gasteiger partial charge in [0, 0.05) is 28.1 Å². The highest BCUT2D eigenvalue weighted by Crippen LogP contribution is 2.35. The number of carbonyl (C=O) groups is 2. The van der Waals surface area contributed by atoms with Crippen LogP contribution in [0.5, 0.6) is 0 Å². The molecule has 0 aliphatic heterocycles. The maximum atomic E-state index is 12.3. The van der Waals surface area contributed by atoms with E-state index >= 15 is 0 Å². The fourth-order valence-corrected chi connectivity index (χ4v) is 3.22. The second kappa shape index (κ2) is 9.38. The minimum absolute atomic E-state index is 0.110. The molecule has 7 nitrogen and oxygen atoms in total. The number of rotatable bonds is 7. The molecule has 0 aliphatic rings. The van der Waals surface area contributed by atoms with Crippen molar-refractivity contribution in [2.75, 3.05) is 6.54 Å². The lowest BCUT2D eigenvalue weighted by molar-refractivity contribution is -0.387. The minimum atomic E-state index is -0.750. The summed E-state index contributed by atoms with van der Waals surface area (Å²) in [6.07, 6.45) is 0. The molecule has 2 N–H and O–H groups in total. The molecule has 2 amide bonds. The smallest absolute Gasteiger partial charge is 0.284 e. The molecule has 0 heterocycles. The van der Waals surface area contributed by atoms with Crippen LogP contribution < -0.4 is 10.6 Å². The molecule has 2 aromatic rings. The molecule has 2 rings (SSSR count). The molecule has 0 bridgehead atoms. The molecule has 142 valence electrons. The van der Waals surface area contributed by atoms with Gasteiger partial charge in [-0.15, -0.1) is 0 Å². The first kappa shape index (κ1) is 20.7. The van der Waals surface area contributed by atoms with Crippen LogP contribution >= 0.6 is 23.4 Å². The predicted molar refractivity (Wildman–Crippen MR) is 104 cm³/mol. The Morgan fingerprint density at radius 3 is 2.48 bits per heavy atom. The summed E-state index contributed by atoms with van der Waals surface area (Å²) in [5.41, 5.74) is -0.0773. The number of amides is 2. The van der Waals surface area contributed by atoms with Crippen molar-refractivity contribution in [3.63, 3.8) is 0 Å². The van der Waals surface area contributed by atoms with Gasteiger partial charge >= 0.3 is 0 Å². The Hall–Kier alpha value is -2.58. The quantitative estimate of drug-likeness (QED) is 0.538. The van der Waals surface area contributed by atoms with E-state index in [1.165, 1.54) is 30.0 Å². The summed E-state index contributed by atoms with van der Waals surface area (Å²) >= 11 is 7.05. The van der Waals surface area contributed by atoms with E-state index < -0.39 is 16.9 Å². The van der Waals surface area contributed by atoms with Gasteiger partial charge in [-0.3, -0.25) is 19.7 Å². The Balaban J connectivity index is 2.21. The average Bonchev–Trinajstić information content (AvgIpc) is 2.63. The maximum Gasteiger partial charge on any atom is 0.284 e. The molecule has 27 heavy (non-hydrogen) atoms. The summed E-state index contributed by atoms with van der Waals surface area (Å²) in [7, 11) is 0. The summed E-state index contributed by atoms with van der Waals surface area (Å²) in [4.78, 5) is 36.1. The van der Waals surface area contributed by atoms with Crippen molar-refractivity contribution in [1.82, 2.24) is 10.6 Å². The van der Waals surface area contributed by atoms with Gasteiger partial charge < -0.3 is 10.6 Å². The van der Waals surface area contributed by atoms with Crippen LogP contribution in [0, 0.1) is 10.1 Å². The van der Waals surface area contributed by atoms with Gasteiger partial charge in [-0.2, -0.15) is 0 Å². The van der Waals surface area contributed by atoms with Crippen LogP contribution in [0.2, 0.25) is 5.02 Å². The van der Waals surface area contributed by atoms with Gasteiger partial charge in [0.2, 0.25) is 5.91 Å². The molecule has 0 unspecified atom stereocenters. The molecule has 0 spiro atoms. The summed E-state index contributed by atoms with van der Waals surface area (Å²) in [6.45, 7) is 3.76. The summed E-state index contributed by atoms with van der Waals surface area (Å²) in [6, 6.07) is 10.4. The fourth-order valence-electron chi connectivity index (χ4n) is 2.19. The van der Waals surface area contributed by atoms with Crippen molar-refractivity contribution in [2.24, 2.45) is 0 Å². The number of carbonyl (C=O) groups excluding carboxylic acids is 2. The van der Waals surface area contributed by atoms with E-state index in [9.17, 15) is 19.7 Å². The number of nitro groups is 1. The summed E-state index contributed by atoms with van der Waals surface area (Å²) < 4.78 is 0. The van der Waals surface area contributed by atoms with E-state index in [-0.39, 0.29) is 17.2 Å². The number of nitrogens with zero attached hydrogens (tertiary/aromatic N) is 1. The average molecular weight is 408 g/mol. The van der Waals surface area contributed by atoms with E-state index in [0.29, 0.717) is 16.5 Å². The normalized spacial score (nSPS) is 11.5. The Morgan fingerprint density at radius 2 is 1.89 bits per heavy atom. The zero-order chi connectivity index (χ0) is 20.0. The van der Waals surface area contributed by atoms with Gasteiger partial charge in [0.25, 0.3) is 11.6 Å². The zero-order valence-corrected chi connectivity index (χ0v) is 16.3. The molecule has 0 aliphatic carbocycles. The molecule has 0 aromatic heterocycles. The lowest BCUT2D eigenvalue weighted by Gasteiger charge is -2.13. The highest BCUT2D eigenvalue weighted by molar-refractivity contribution is 7.99. The molecule has 1 atom stereocenters. The first-order chi connectivity index (χ1) is 12.8. The largest absolute Gasteiger partial charge is 0.355 e. The predicted octanol–water partition coefficient (Wildman–Crippen LogP) is 3.65. The first-order valence-corrected chi connectivity index (χ1v) is 9.31. The monoisotopic (exact) mass is 407 g/mol. The molecule has 9 heteroatoms. The van der Waals surface area contributed by atoms with Crippen LogP contribution in [-0.2, 0) is 4.79 Å². The summed E-state index contributed by atoms with van der Waals surface area (Å²) in [5, 5.41) is 17.1. The maximum absolute atomic E-state index is 12.3. The Labute approximate surface area is 165 Å². The fraction of sp³-hybridized carbons (Fsp3) is 0.222. The molecular formula is C18H18ClN3O4S. The molecule has 0 fully saturated rings. The highest BCUT2D eigenvalue weighted by Gasteiger charge is 2.21. The van der Waals surface area contributed by atoms with Crippen LogP contribution in [0.3, 0.4) is 0 Å². The number of hydrogen-bond donors (Lipinski definition) is 2. The van der Waals surface area contributed by atoms with Gasteiger partial charge in [0.05, 0.1) is 9.82 Å². The third-order valence-electron chi connectivity index (χ3n) is 3.55. The summed E-state index contributed by atoms with van der Waals surface area (Å²) in [5.74, 6) is -0.879. The molecule has 0 saturated carbocycles. The SMILES string of the molecule is CCNC(=O)[C@H](C)NC(=O)c1ccc(Sc2ccc(Cl)cc2)c([N+](=O)[O-])c1. The second-order valence-corrected chi connectivity index (χ2v) is 7.14. The van der Waals surface area contributed by atoms with E-state index in [2.05, 4.69) is 10.6 Å². The molecular weight excluding hydrogens is 390 g/mol. The number of likely N-dealkylation sites (N-methyl/N-ethyl adjacent to an activating group) is 1. The van der Waals surface area contributed by atoms with E-state index in [1.807, 2.05) is 0 Å². The van der Waals surface area contributed by atoms with Crippen LogP contribution in [0.25, 0.3) is 0 Å². The number of benzene rings is 2. The van der Waals surface area contributed by atoms with Gasteiger partial charge in [-0.25, -0.2) is 0 Å². The van der Waals surface area contributed by atoms with Gasteiger partial charge in [0.15, 0.2) is 0 Å². The third kappa shape index (κ3) is 5.70. The Kier molecular flexibility index (Phi) is 7.20. The Morgan fingerprint density at radius 1 is 1.22 bits per heavy atom. The van der Waals surface area contributed by atoms with Crippen molar-refractivity contribution in [3.8, 4) is 0 Å². The van der Waals surface area contributed by atoms with Crippen molar-refractivity contribution in [2.45, 2.75) is 29.7 Å². The lowest BCUT2D eigenvalue weighted by atomic mass is 10.1. The van der Waals surface area contributed by atoms with Gasteiger partial charge in [0.1, 0.15) is 6.04 Å². The number of hydrogen-bond acceptors (Lipinski definition) is 5. The van der Waals surface area contributed by atoms with Crippen LogP contribution in [-0.4, -0.2) is 29.3 Å². The van der Waals surface area contributed by atoms with Crippen molar-refractivity contribution in [1.29, 1.82) is 0 Å². The van der Waals surface area contributed by atoms with Gasteiger partial charge in [-0.05, 0) is 50.2 Å². The number of nitro benzene ring substituents is 1. The minimum Gasteiger partial charge on any atom is -0.355 e. The van der Waals surface area contributed by atoms with E-state index in [0.717, 1.165) is 4.90 Å². The first-order valence-electron chi connectivity index (χ1n) is 8.12. The standard InChI is InChI=1S/C18H18ClN3O4S/c1-3-20-17(23)11(2)21-18(24)12-4-9-16(15(10-12)22(25)26)27-14-7-5-13(19)6-8-14/h4-11H,3H2,1-2H3,(H,20,23)(H,21,24)/t11-/m0/s1. The second-order valence-electron chi connectivity index (χ2n) is 5.59. The van der Waals surface area contributed by atoms with E-state index in [4.69, 9.17) is 11.6 Å². The topological polar surface area (TPSA) is 101 Å². The van der Waals surface area contributed by atoms with Crippen LogP contribution in [0.1, 0.15) is 24.2 Å². The van der Waals surface area contributed by atoms with Crippen molar-refractivity contribution >= 4 is 40.9 Å². The Bertz CT molecular complexity index is 858. The van der Waals surface area contributed by atoms with Gasteiger partial charge in [-0.1, -0.05) is 23.4 Å². The lowest BCUT2D eigenvalue weighted by Crippen LogP contribution is -2.44. The third-order valence-corrected chi connectivity index (χ3v) is 4.88. The molecule has 0 radical (unpaired) electrons. The van der Waals surface area contributed by atoms with Crippen molar-refractivity contribution < 1.29 is 14.5 Å². The number of nitrogens with one attached hydrogen (secondary N) is 2. The van der Waals surface area contributed by atoms with Crippen LogP contribution in [0.4, 0.5) is 5.69 Å². The highest BCUT2D eigenvalue weighted by atomic mass is 35.5. The number of halogens is 1. The molecule has 2 aromatic carbocycles. The van der Waals surface area contributed by atoms with Crippen LogP contribution in [0.15, 0.2) is 52.3 Å².